The molecule has 3 aromatic rings. The van der Waals surface area contributed by atoms with E-state index in [0.717, 1.165) is 5.56 Å². The van der Waals surface area contributed by atoms with Crippen molar-refractivity contribution >= 4 is 17.5 Å². The SMILES string of the molecule is Cc1noc(-c2ccco2)c1C(=O)NCc1cccc(Cl)c1. The number of aryl methyl sites for hydroxylation is 1. The lowest BCUT2D eigenvalue weighted by atomic mass is 10.1. The summed E-state index contributed by atoms with van der Waals surface area (Å²) in [5.74, 6) is 0.518. The number of benzene rings is 1. The van der Waals surface area contributed by atoms with Crippen LogP contribution in [0.2, 0.25) is 5.02 Å². The standard InChI is InChI=1S/C16H13ClN2O3/c1-10-14(15(22-19-10)13-6-3-7-21-13)16(20)18-9-11-4-2-5-12(17)8-11/h2-8H,9H2,1H3,(H,18,20). The fourth-order valence-corrected chi connectivity index (χ4v) is 2.34. The fraction of sp³-hybridized carbons (Fsp3) is 0.125. The molecule has 6 heteroatoms. The summed E-state index contributed by atoms with van der Waals surface area (Å²) < 4.78 is 10.5. The molecular formula is C16H13ClN2O3. The lowest BCUT2D eigenvalue weighted by molar-refractivity contribution is 0.0950. The van der Waals surface area contributed by atoms with Gasteiger partial charge in [-0.2, -0.15) is 0 Å². The molecule has 0 spiro atoms. The Morgan fingerprint density at radius 1 is 1.32 bits per heavy atom. The van der Waals surface area contributed by atoms with Gasteiger partial charge in [-0.15, -0.1) is 0 Å². The van der Waals surface area contributed by atoms with E-state index >= 15 is 0 Å². The van der Waals surface area contributed by atoms with Crippen LogP contribution in [0.1, 0.15) is 21.6 Å². The van der Waals surface area contributed by atoms with Crippen LogP contribution < -0.4 is 5.32 Å². The fourth-order valence-electron chi connectivity index (χ4n) is 2.13. The summed E-state index contributed by atoms with van der Waals surface area (Å²) in [5.41, 5.74) is 1.79. The number of hydrogen-bond acceptors (Lipinski definition) is 4. The average molecular weight is 317 g/mol. The molecule has 0 saturated carbocycles. The number of carbonyl (C=O) groups is 1. The lowest BCUT2D eigenvalue weighted by Crippen LogP contribution is -2.23. The van der Waals surface area contributed by atoms with Gasteiger partial charge in [0.05, 0.1) is 12.0 Å². The van der Waals surface area contributed by atoms with Crippen molar-refractivity contribution in [1.82, 2.24) is 10.5 Å². The molecule has 2 heterocycles. The van der Waals surface area contributed by atoms with Crippen LogP contribution in [-0.4, -0.2) is 11.1 Å². The van der Waals surface area contributed by atoms with E-state index in [0.29, 0.717) is 34.3 Å². The van der Waals surface area contributed by atoms with Crippen molar-refractivity contribution in [3.63, 3.8) is 0 Å². The second-order valence-electron chi connectivity index (χ2n) is 4.76. The van der Waals surface area contributed by atoms with Crippen molar-refractivity contribution in [3.8, 4) is 11.5 Å². The Hall–Kier alpha value is -2.53. The number of amides is 1. The number of carbonyl (C=O) groups excluding carboxylic acids is 1. The number of aromatic nitrogens is 1. The first-order chi connectivity index (χ1) is 10.6. The minimum Gasteiger partial charge on any atom is -0.461 e. The van der Waals surface area contributed by atoms with Crippen molar-refractivity contribution in [2.45, 2.75) is 13.5 Å². The predicted molar refractivity (Wildman–Crippen MR) is 81.6 cm³/mol. The molecule has 0 atom stereocenters. The average Bonchev–Trinajstić information content (AvgIpc) is 3.14. The van der Waals surface area contributed by atoms with E-state index in [1.807, 2.05) is 12.1 Å². The van der Waals surface area contributed by atoms with Gasteiger partial charge in [-0.3, -0.25) is 4.79 Å². The molecular weight excluding hydrogens is 304 g/mol. The van der Waals surface area contributed by atoms with Crippen LogP contribution in [-0.2, 0) is 6.54 Å². The number of halogens is 1. The second-order valence-corrected chi connectivity index (χ2v) is 5.20. The Bertz CT molecular complexity index is 794. The van der Waals surface area contributed by atoms with Crippen molar-refractivity contribution in [2.75, 3.05) is 0 Å². The molecule has 3 rings (SSSR count). The zero-order valence-electron chi connectivity index (χ0n) is 11.8. The molecule has 0 radical (unpaired) electrons. The van der Waals surface area contributed by atoms with Gasteiger partial charge in [0.1, 0.15) is 5.56 Å². The summed E-state index contributed by atoms with van der Waals surface area (Å²) in [6, 6.07) is 10.7. The maximum atomic E-state index is 12.4. The predicted octanol–water partition coefficient (Wildman–Crippen LogP) is 3.83. The highest BCUT2D eigenvalue weighted by Gasteiger charge is 2.23. The Morgan fingerprint density at radius 2 is 2.18 bits per heavy atom. The first-order valence-electron chi connectivity index (χ1n) is 6.68. The molecule has 1 N–H and O–H groups in total. The zero-order valence-corrected chi connectivity index (χ0v) is 12.6. The van der Waals surface area contributed by atoms with Crippen molar-refractivity contribution < 1.29 is 13.7 Å². The van der Waals surface area contributed by atoms with Gasteiger partial charge in [0.25, 0.3) is 5.91 Å². The third-order valence-corrected chi connectivity index (χ3v) is 3.41. The van der Waals surface area contributed by atoms with Crippen LogP contribution in [0, 0.1) is 6.92 Å². The molecule has 0 fully saturated rings. The molecule has 0 aliphatic rings. The quantitative estimate of drug-likeness (QED) is 0.794. The minimum atomic E-state index is -0.273. The lowest BCUT2D eigenvalue weighted by Gasteiger charge is -2.05. The van der Waals surface area contributed by atoms with E-state index in [4.69, 9.17) is 20.5 Å². The molecule has 112 valence electrons. The van der Waals surface area contributed by atoms with Crippen LogP contribution in [0.5, 0.6) is 0 Å². The molecule has 1 amide bonds. The Balaban J connectivity index is 1.80. The maximum Gasteiger partial charge on any atom is 0.257 e. The molecule has 0 bridgehead atoms. The van der Waals surface area contributed by atoms with Crippen LogP contribution in [0.15, 0.2) is 51.6 Å². The molecule has 22 heavy (non-hydrogen) atoms. The summed E-state index contributed by atoms with van der Waals surface area (Å²) in [6.07, 6.45) is 1.51. The molecule has 5 nitrogen and oxygen atoms in total. The highest BCUT2D eigenvalue weighted by molar-refractivity contribution is 6.30. The first kappa shape index (κ1) is 14.4. The number of nitrogens with zero attached hydrogens (tertiary/aromatic N) is 1. The number of hydrogen-bond donors (Lipinski definition) is 1. The van der Waals surface area contributed by atoms with E-state index < -0.39 is 0 Å². The van der Waals surface area contributed by atoms with Gasteiger partial charge in [-0.1, -0.05) is 28.9 Å². The number of furan rings is 1. The zero-order chi connectivity index (χ0) is 15.5. The van der Waals surface area contributed by atoms with Crippen LogP contribution in [0.3, 0.4) is 0 Å². The van der Waals surface area contributed by atoms with Gasteiger partial charge in [-0.25, -0.2) is 0 Å². The van der Waals surface area contributed by atoms with Crippen LogP contribution >= 0.6 is 11.6 Å². The summed E-state index contributed by atoms with van der Waals surface area (Å²) in [6.45, 7) is 2.08. The molecule has 0 saturated heterocycles. The molecule has 0 aliphatic heterocycles. The van der Waals surface area contributed by atoms with Gasteiger partial charge in [0.2, 0.25) is 5.76 Å². The topological polar surface area (TPSA) is 68.3 Å². The molecule has 0 aliphatic carbocycles. The number of rotatable bonds is 4. The summed E-state index contributed by atoms with van der Waals surface area (Å²) >= 11 is 5.93. The highest BCUT2D eigenvalue weighted by atomic mass is 35.5. The minimum absolute atomic E-state index is 0.273. The third kappa shape index (κ3) is 2.89. The maximum absolute atomic E-state index is 12.4. The van der Waals surface area contributed by atoms with Crippen molar-refractivity contribution in [2.24, 2.45) is 0 Å². The largest absolute Gasteiger partial charge is 0.461 e. The number of nitrogens with one attached hydrogen (secondary N) is 1. The van der Waals surface area contributed by atoms with Gasteiger partial charge in [0.15, 0.2) is 5.76 Å². The first-order valence-corrected chi connectivity index (χ1v) is 7.06. The van der Waals surface area contributed by atoms with Crippen LogP contribution in [0.4, 0.5) is 0 Å². The van der Waals surface area contributed by atoms with Gasteiger partial charge in [0, 0.05) is 11.6 Å². The summed E-state index contributed by atoms with van der Waals surface area (Å²) in [7, 11) is 0. The Morgan fingerprint density at radius 3 is 2.91 bits per heavy atom. The molecule has 0 unspecified atom stereocenters. The van der Waals surface area contributed by atoms with Crippen molar-refractivity contribution in [1.29, 1.82) is 0 Å². The smallest absolute Gasteiger partial charge is 0.257 e. The van der Waals surface area contributed by atoms with Gasteiger partial charge in [-0.05, 0) is 36.8 Å². The third-order valence-electron chi connectivity index (χ3n) is 3.18. The van der Waals surface area contributed by atoms with E-state index in [1.165, 1.54) is 6.26 Å². The Kier molecular flexibility index (Phi) is 3.98. The van der Waals surface area contributed by atoms with E-state index in [-0.39, 0.29) is 5.91 Å². The second kappa shape index (κ2) is 6.07. The van der Waals surface area contributed by atoms with E-state index in [9.17, 15) is 4.79 Å². The monoisotopic (exact) mass is 316 g/mol. The van der Waals surface area contributed by atoms with E-state index in [2.05, 4.69) is 10.5 Å². The van der Waals surface area contributed by atoms with Crippen LogP contribution in [0.25, 0.3) is 11.5 Å². The van der Waals surface area contributed by atoms with Crippen molar-refractivity contribution in [3.05, 3.63) is 64.5 Å². The Labute approximate surface area is 131 Å². The highest BCUT2D eigenvalue weighted by Crippen LogP contribution is 2.26. The van der Waals surface area contributed by atoms with E-state index in [1.54, 1.807) is 31.2 Å². The summed E-state index contributed by atoms with van der Waals surface area (Å²) in [4.78, 5) is 12.4. The van der Waals surface area contributed by atoms with Gasteiger partial charge >= 0.3 is 0 Å². The normalized spacial score (nSPS) is 10.6. The summed E-state index contributed by atoms with van der Waals surface area (Å²) in [5, 5.41) is 7.31. The molecule has 2 aromatic heterocycles. The van der Waals surface area contributed by atoms with Gasteiger partial charge < -0.3 is 14.3 Å². The molecule has 1 aromatic carbocycles.